The van der Waals surface area contributed by atoms with Crippen LogP contribution in [0.1, 0.15) is 5.69 Å². The van der Waals surface area contributed by atoms with Crippen molar-refractivity contribution >= 4 is 39.8 Å². The van der Waals surface area contributed by atoms with Crippen molar-refractivity contribution in [2.75, 3.05) is 5.32 Å². The number of para-hydroxylation sites is 2. The Morgan fingerprint density at radius 1 is 0.958 bits per heavy atom. The molecule has 3 aromatic heterocycles. The number of aromatic nitrogens is 4. The zero-order valence-electron chi connectivity index (χ0n) is 12.5. The SMILES string of the molecule is Clc1nc2ccccc2nc1NCc1csc(-c2ccncc2)n1. The molecular formula is C17H12ClN5S. The van der Waals surface area contributed by atoms with Crippen molar-refractivity contribution in [2.24, 2.45) is 0 Å². The number of hydrogen-bond acceptors (Lipinski definition) is 6. The first-order valence-corrected chi connectivity index (χ1v) is 8.56. The van der Waals surface area contributed by atoms with Crippen LogP contribution in [0.15, 0.2) is 54.2 Å². The van der Waals surface area contributed by atoms with Gasteiger partial charge in [-0.2, -0.15) is 0 Å². The number of anilines is 1. The van der Waals surface area contributed by atoms with E-state index in [2.05, 4.69) is 25.3 Å². The van der Waals surface area contributed by atoms with Crippen molar-refractivity contribution in [1.82, 2.24) is 19.9 Å². The van der Waals surface area contributed by atoms with E-state index in [1.54, 1.807) is 23.7 Å². The molecule has 0 aliphatic carbocycles. The molecule has 0 bridgehead atoms. The second-order valence-corrected chi connectivity index (χ2v) is 6.30. The summed E-state index contributed by atoms with van der Waals surface area (Å²) < 4.78 is 0. The van der Waals surface area contributed by atoms with E-state index in [-0.39, 0.29) is 0 Å². The molecule has 0 radical (unpaired) electrons. The molecule has 1 aromatic carbocycles. The summed E-state index contributed by atoms with van der Waals surface area (Å²) in [6.45, 7) is 0.536. The lowest BCUT2D eigenvalue weighted by Gasteiger charge is -2.06. The van der Waals surface area contributed by atoms with Crippen LogP contribution in [-0.2, 0) is 6.54 Å². The summed E-state index contributed by atoms with van der Waals surface area (Å²) in [5.41, 5.74) is 3.57. The van der Waals surface area contributed by atoms with Gasteiger partial charge in [0, 0.05) is 23.3 Å². The summed E-state index contributed by atoms with van der Waals surface area (Å²) in [5, 5.41) is 6.55. The third-order valence-electron chi connectivity index (χ3n) is 3.44. The average molecular weight is 354 g/mol. The molecule has 0 spiro atoms. The molecule has 0 fully saturated rings. The van der Waals surface area contributed by atoms with Gasteiger partial charge >= 0.3 is 0 Å². The van der Waals surface area contributed by atoms with Crippen LogP contribution in [0.25, 0.3) is 21.6 Å². The third kappa shape index (κ3) is 3.06. The molecule has 0 aliphatic heterocycles. The predicted octanol–water partition coefficient (Wildman–Crippen LogP) is 4.41. The van der Waals surface area contributed by atoms with Crippen LogP contribution in [0.2, 0.25) is 5.15 Å². The number of fused-ring (bicyclic) bond motifs is 1. The molecule has 0 saturated carbocycles. The van der Waals surface area contributed by atoms with Crippen LogP contribution < -0.4 is 5.32 Å². The van der Waals surface area contributed by atoms with E-state index < -0.39 is 0 Å². The molecule has 0 aliphatic rings. The average Bonchev–Trinajstić information content (AvgIpc) is 3.10. The lowest BCUT2D eigenvalue weighted by Crippen LogP contribution is -2.03. The van der Waals surface area contributed by atoms with Crippen LogP contribution in [-0.4, -0.2) is 19.9 Å². The van der Waals surface area contributed by atoms with E-state index in [1.165, 1.54) is 0 Å². The van der Waals surface area contributed by atoms with Gasteiger partial charge in [-0.05, 0) is 24.3 Å². The number of rotatable bonds is 4. The highest BCUT2D eigenvalue weighted by Gasteiger charge is 2.08. The first kappa shape index (κ1) is 15.0. The van der Waals surface area contributed by atoms with Gasteiger partial charge in [0.05, 0.1) is 23.3 Å². The Kier molecular flexibility index (Phi) is 4.06. The maximum atomic E-state index is 6.21. The van der Waals surface area contributed by atoms with Gasteiger partial charge in [0.2, 0.25) is 0 Å². The van der Waals surface area contributed by atoms with Crippen molar-refractivity contribution in [3.63, 3.8) is 0 Å². The molecule has 24 heavy (non-hydrogen) atoms. The van der Waals surface area contributed by atoms with E-state index in [4.69, 9.17) is 11.6 Å². The molecule has 0 atom stereocenters. The van der Waals surface area contributed by atoms with E-state index in [1.807, 2.05) is 41.8 Å². The van der Waals surface area contributed by atoms with Gasteiger partial charge in [0.25, 0.3) is 0 Å². The molecule has 1 N–H and O–H groups in total. The van der Waals surface area contributed by atoms with Gasteiger partial charge in [0.15, 0.2) is 11.0 Å². The third-order valence-corrected chi connectivity index (χ3v) is 4.65. The highest BCUT2D eigenvalue weighted by atomic mass is 35.5. The minimum Gasteiger partial charge on any atom is -0.362 e. The minimum atomic E-state index is 0.360. The Hall–Kier alpha value is -2.57. The van der Waals surface area contributed by atoms with E-state index in [0.29, 0.717) is 17.5 Å². The second-order valence-electron chi connectivity index (χ2n) is 5.09. The fraction of sp³-hybridized carbons (Fsp3) is 0.0588. The van der Waals surface area contributed by atoms with Gasteiger partial charge in [-0.15, -0.1) is 11.3 Å². The Morgan fingerprint density at radius 2 is 1.71 bits per heavy atom. The standard InChI is InChI=1S/C17H12ClN5S/c18-15-16(23-14-4-2-1-3-13(14)22-15)20-9-12-10-24-17(21-12)11-5-7-19-8-6-11/h1-8,10H,9H2,(H,20,23). The topological polar surface area (TPSA) is 63.6 Å². The second kappa shape index (κ2) is 6.51. The summed E-state index contributed by atoms with van der Waals surface area (Å²) in [7, 11) is 0. The van der Waals surface area contributed by atoms with Crippen molar-refractivity contribution in [3.8, 4) is 10.6 Å². The Bertz CT molecular complexity index is 987. The number of halogens is 1. The fourth-order valence-corrected chi connectivity index (χ4v) is 3.31. The molecule has 5 nitrogen and oxygen atoms in total. The molecule has 0 saturated heterocycles. The normalized spacial score (nSPS) is 10.9. The molecular weight excluding hydrogens is 342 g/mol. The molecule has 4 rings (SSSR count). The Labute approximate surface area is 147 Å². The minimum absolute atomic E-state index is 0.360. The van der Waals surface area contributed by atoms with Crippen LogP contribution in [0.4, 0.5) is 5.82 Å². The van der Waals surface area contributed by atoms with Crippen molar-refractivity contribution in [1.29, 1.82) is 0 Å². The van der Waals surface area contributed by atoms with Crippen LogP contribution >= 0.6 is 22.9 Å². The number of benzene rings is 1. The summed E-state index contributed by atoms with van der Waals surface area (Å²) in [4.78, 5) is 17.5. The quantitative estimate of drug-likeness (QED) is 0.588. The lowest BCUT2D eigenvalue weighted by molar-refractivity contribution is 1.05. The van der Waals surface area contributed by atoms with Crippen LogP contribution in [0, 0.1) is 0 Å². The monoisotopic (exact) mass is 353 g/mol. The Morgan fingerprint density at radius 3 is 2.50 bits per heavy atom. The maximum Gasteiger partial charge on any atom is 0.172 e. The highest BCUT2D eigenvalue weighted by Crippen LogP contribution is 2.25. The molecule has 3 heterocycles. The zero-order valence-corrected chi connectivity index (χ0v) is 14.1. The zero-order chi connectivity index (χ0) is 16.4. The van der Waals surface area contributed by atoms with Gasteiger partial charge in [-0.1, -0.05) is 23.7 Å². The number of nitrogens with zero attached hydrogens (tertiary/aromatic N) is 4. The first-order valence-electron chi connectivity index (χ1n) is 7.30. The summed E-state index contributed by atoms with van der Waals surface area (Å²) >= 11 is 7.81. The number of pyridine rings is 1. The smallest absolute Gasteiger partial charge is 0.172 e. The lowest BCUT2D eigenvalue weighted by atomic mass is 10.3. The maximum absolute atomic E-state index is 6.21. The molecule has 0 amide bonds. The summed E-state index contributed by atoms with van der Waals surface area (Å²) in [6.07, 6.45) is 3.53. The molecule has 7 heteroatoms. The number of nitrogens with one attached hydrogen (secondary N) is 1. The van der Waals surface area contributed by atoms with Gasteiger partial charge in [-0.3, -0.25) is 4.98 Å². The molecule has 4 aromatic rings. The largest absolute Gasteiger partial charge is 0.362 e. The van der Waals surface area contributed by atoms with Crippen LogP contribution in [0.3, 0.4) is 0 Å². The van der Waals surface area contributed by atoms with E-state index in [9.17, 15) is 0 Å². The fourth-order valence-electron chi connectivity index (χ4n) is 2.28. The summed E-state index contributed by atoms with van der Waals surface area (Å²) in [5.74, 6) is 0.564. The van der Waals surface area contributed by atoms with Crippen molar-refractivity contribution in [2.45, 2.75) is 6.54 Å². The van der Waals surface area contributed by atoms with Crippen molar-refractivity contribution < 1.29 is 0 Å². The number of thiazole rings is 1. The van der Waals surface area contributed by atoms with E-state index >= 15 is 0 Å². The highest BCUT2D eigenvalue weighted by molar-refractivity contribution is 7.13. The van der Waals surface area contributed by atoms with E-state index in [0.717, 1.165) is 27.3 Å². The predicted molar refractivity (Wildman–Crippen MR) is 97.2 cm³/mol. The number of hydrogen-bond donors (Lipinski definition) is 1. The van der Waals surface area contributed by atoms with Gasteiger partial charge in [0.1, 0.15) is 5.01 Å². The van der Waals surface area contributed by atoms with Crippen molar-refractivity contribution in [3.05, 3.63) is 65.0 Å². The first-order chi connectivity index (χ1) is 11.8. The van der Waals surface area contributed by atoms with Crippen LogP contribution in [0.5, 0.6) is 0 Å². The Balaban J connectivity index is 1.53. The van der Waals surface area contributed by atoms with Gasteiger partial charge < -0.3 is 5.32 Å². The summed E-state index contributed by atoms with van der Waals surface area (Å²) in [6, 6.07) is 11.5. The van der Waals surface area contributed by atoms with Gasteiger partial charge in [-0.25, -0.2) is 15.0 Å². The molecule has 0 unspecified atom stereocenters. The molecule has 118 valence electrons.